The van der Waals surface area contributed by atoms with Crippen molar-refractivity contribution in [3.8, 4) is 22.3 Å². The van der Waals surface area contributed by atoms with Crippen molar-refractivity contribution < 1.29 is 9.53 Å². The summed E-state index contributed by atoms with van der Waals surface area (Å²) in [6, 6.07) is 29.5. The van der Waals surface area contributed by atoms with Gasteiger partial charge in [-0.15, -0.1) is 0 Å². The molecule has 4 aromatic carbocycles. The van der Waals surface area contributed by atoms with Crippen molar-refractivity contribution in [1.29, 1.82) is 0 Å². The van der Waals surface area contributed by atoms with E-state index in [-0.39, 0.29) is 11.9 Å². The van der Waals surface area contributed by atoms with E-state index in [0.29, 0.717) is 29.9 Å². The molecule has 0 spiro atoms. The van der Waals surface area contributed by atoms with E-state index in [1.54, 1.807) is 0 Å². The molecule has 4 aromatic rings. The molecule has 0 saturated carbocycles. The van der Waals surface area contributed by atoms with Gasteiger partial charge in [-0.05, 0) is 73.9 Å². The highest BCUT2D eigenvalue weighted by molar-refractivity contribution is 5.98. The standard InChI is InChI=1S/C36H38O2/c1-22(2)25-19-32(23(3)4)35(33(20-25)24(5)6)30-17-11-12-18-31(30)36(37)38-21-34-28-15-9-7-13-26(28)27-14-8-10-16-29(27)34/h7-20,22-24,34H,21H2,1-6H3. The first kappa shape index (κ1) is 26.0. The highest BCUT2D eigenvalue weighted by Gasteiger charge is 2.30. The van der Waals surface area contributed by atoms with E-state index in [1.807, 2.05) is 18.2 Å². The Morgan fingerprint density at radius 3 is 1.63 bits per heavy atom. The Hall–Kier alpha value is -3.65. The van der Waals surface area contributed by atoms with Crippen LogP contribution in [-0.2, 0) is 4.74 Å². The predicted octanol–water partition coefficient (Wildman–Crippen LogP) is 9.69. The lowest BCUT2D eigenvalue weighted by Gasteiger charge is -2.24. The number of fused-ring (bicyclic) bond motifs is 3. The molecule has 1 aliphatic rings. The summed E-state index contributed by atoms with van der Waals surface area (Å²) in [6.45, 7) is 13.8. The first-order valence-corrected chi connectivity index (χ1v) is 13.9. The highest BCUT2D eigenvalue weighted by Crippen LogP contribution is 2.45. The second-order valence-electron chi connectivity index (χ2n) is 11.4. The number of hydrogen-bond acceptors (Lipinski definition) is 2. The van der Waals surface area contributed by atoms with E-state index in [2.05, 4.69) is 108 Å². The van der Waals surface area contributed by atoms with Crippen molar-refractivity contribution in [2.75, 3.05) is 6.61 Å². The maximum absolute atomic E-state index is 13.7. The third-order valence-corrected chi connectivity index (χ3v) is 7.89. The average Bonchev–Trinajstić information content (AvgIpc) is 3.24. The molecular formula is C36H38O2. The Labute approximate surface area is 227 Å². The van der Waals surface area contributed by atoms with Gasteiger partial charge < -0.3 is 4.74 Å². The van der Waals surface area contributed by atoms with E-state index < -0.39 is 0 Å². The molecule has 0 bridgehead atoms. The molecule has 2 heteroatoms. The largest absolute Gasteiger partial charge is 0.461 e. The number of carbonyl (C=O) groups excluding carboxylic acids is 1. The molecule has 0 unspecified atom stereocenters. The fourth-order valence-corrected chi connectivity index (χ4v) is 5.82. The lowest BCUT2D eigenvalue weighted by molar-refractivity contribution is 0.0494. The van der Waals surface area contributed by atoms with Gasteiger partial charge in [0.15, 0.2) is 0 Å². The lowest BCUT2D eigenvalue weighted by Crippen LogP contribution is -2.14. The van der Waals surface area contributed by atoms with E-state index in [4.69, 9.17) is 4.74 Å². The van der Waals surface area contributed by atoms with Crippen molar-refractivity contribution in [3.63, 3.8) is 0 Å². The van der Waals surface area contributed by atoms with Gasteiger partial charge in [-0.3, -0.25) is 0 Å². The summed E-state index contributed by atoms with van der Waals surface area (Å²) in [6.07, 6.45) is 0. The number of ether oxygens (including phenoxy) is 1. The van der Waals surface area contributed by atoms with Crippen LogP contribution in [0.5, 0.6) is 0 Å². The van der Waals surface area contributed by atoms with Crippen LogP contribution >= 0.6 is 0 Å². The summed E-state index contributed by atoms with van der Waals surface area (Å²) >= 11 is 0. The van der Waals surface area contributed by atoms with Crippen LogP contribution in [0.25, 0.3) is 22.3 Å². The Balaban J connectivity index is 1.52. The molecule has 0 N–H and O–H groups in total. The zero-order valence-corrected chi connectivity index (χ0v) is 23.4. The van der Waals surface area contributed by atoms with Crippen molar-refractivity contribution in [2.45, 2.75) is 65.2 Å². The third kappa shape index (κ3) is 4.69. The number of rotatable bonds is 7. The van der Waals surface area contributed by atoms with Crippen LogP contribution in [0.1, 0.15) is 103 Å². The van der Waals surface area contributed by atoms with Crippen molar-refractivity contribution in [1.82, 2.24) is 0 Å². The minimum Gasteiger partial charge on any atom is -0.461 e. The van der Waals surface area contributed by atoms with Gasteiger partial charge in [0, 0.05) is 5.92 Å². The second-order valence-corrected chi connectivity index (χ2v) is 11.4. The molecule has 5 rings (SSSR count). The van der Waals surface area contributed by atoms with Crippen molar-refractivity contribution in [3.05, 3.63) is 118 Å². The molecular weight excluding hydrogens is 464 g/mol. The highest BCUT2D eigenvalue weighted by atomic mass is 16.5. The fourth-order valence-electron chi connectivity index (χ4n) is 5.82. The molecule has 0 radical (unpaired) electrons. The van der Waals surface area contributed by atoms with Crippen LogP contribution in [0.4, 0.5) is 0 Å². The number of carbonyl (C=O) groups is 1. The molecule has 0 heterocycles. The Morgan fingerprint density at radius 2 is 1.13 bits per heavy atom. The first-order valence-electron chi connectivity index (χ1n) is 13.9. The molecule has 38 heavy (non-hydrogen) atoms. The van der Waals surface area contributed by atoms with Crippen LogP contribution in [0, 0.1) is 0 Å². The Kier molecular flexibility index (Phi) is 7.25. The zero-order chi connectivity index (χ0) is 27.0. The summed E-state index contributed by atoms with van der Waals surface area (Å²) in [4.78, 5) is 13.7. The molecule has 2 nitrogen and oxygen atoms in total. The topological polar surface area (TPSA) is 26.3 Å². The van der Waals surface area contributed by atoms with Crippen LogP contribution in [-0.4, -0.2) is 12.6 Å². The van der Waals surface area contributed by atoms with E-state index in [0.717, 1.165) is 5.56 Å². The van der Waals surface area contributed by atoms with Crippen LogP contribution in [0.15, 0.2) is 84.9 Å². The van der Waals surface area contributed by atoms with Gasteiger partial charge >= 0.3 is 5.97 Å². The summed E-state index contributed by atoms with van der Waals surface area (Å²) < 4.78 is 6.11. The molecule has 0 fully saturated rings. The van der Waals surface area contributed by atoms with Gasteiger partial charge in [0.05, 0.1) is 5.56 Å². The molecule has 0 amide bonds. The van der Waals surface area contributed by atoms with Gasteiger partial charge in [0.25, 0.3) is 0 Å². The van der Waals surface area contributed by atoms with E-state index >= 15 is 0 Å². The fraction of sp³-hybridized carbons (Fsp3) is 0.306. The zero-order valence-electron chi connectivity index (χ0n) is 23.4. The molecule has 194 valence electrons. The minimum atomic E-state index is -0.264. The lowest BCUT2D eigenvalue weighted by atomic mass is 9.80. The summed E-state index contributed by atoms with van der Waals surface area (Å²) in [5, 5.41) is 0. The summed E-state index contributed by atoms with van der Waals surface area (Å²) in [5.41, 5.74) is 11.6. The van der Waals surface area contributed by atoms with Gasteiger partial charge in [0.2, 0.25) is 0 Å². The molecule has 0 atom stereocenters. The normalized spacial score (nSPS) is 12.8. The SMILES string of the molecule is CC(C)c1cc(C(C)C)c(-c2ccccc2C(=O)OCC2c3ccccc3-c3ccccc32)c(C(C)C)c1. The maximum Gasteiger partial charge on any atom is 0.338 e. The van der Waals surface area contributed by atoms with Crippen LogP contribution in [0.2, 0.25) is 0 Å². The van der Waals surface area contributed by atoms with Crippen molar-refractivity contribution in [2.24, 2.45) is 0 Å². The number of benzene rings is 4. The van der Waals surface area contributed by atoms with Gasteiger partial charge in [-0.25, -0.2) is 4.79 Å². The summed E-state index contributed by atoms with van der Waals surface area (Å²) in [5.74, 6) is 0.881. The van der Waals surface area contributed by atoms with Crippen molar-refractivity contribution >= 4 is 5.97 Å². The van der Waals surface area contributed by atoms with Crippen LogP contribution < -0.4 is 0 Å². The number of esters is 1. The molecule has 0 aliphatic heterocycles. The molecule has 1 aliphatic carbocycles. The predicted molar refractivity (Wildman–Crippen MR) is 158 cm³/mol. The van der Waals surface area contributed by atoms with Crippen LogP contribution in [0.3, 0.4) is 0 Å². The van der Waals surface area contributed by atoms with Gasteiger partial charge in [-0.2, -0.15) is 0 Å². The summed E-state index contributed by atoms with van der Waals surface area (Å²) in [7, 11) is 0. The average molecular weight is 503 g/mol. The first-order chi connectivity index (χ1) is 18.3. The smallest absolute Gasteiger partial charge is 0.338 e. The van der Waals surface area contributed by atoms with Gasteiger partial charge in [0.1, 0.15) is 6.61 Å². The quantitative estimate of drug-likeness (QED) is 0.235. The third-order valence-electron chi connectivity index (χ3n) is 7.89. The monoisotopic (exact) mass is 502 g/mol. The Morgan fingerprint density at radius 1 is 0.658 bits per heavy atom. The van der Waals surface area contributed by atoms with Gasteiger partial charge in [-0.1, -0.05) is 120 Å². The molecule has 0 aromatic heterocycles. The number of hydrogen-bond donors (Lipinski definition) is 0. The second kappa shape index (κ2) is 10.6. The minimum absolute atomic E-state index is 0.0429. The molecule has 0 saturated heterocycles. The Bertz CT molecular complexity index is 1400. The van der Waals surface area contributed by atoms with E-state index in [9.17, 15) is 4.79 Å². The van der Waals surface area contributed by atoms with E-state index in [1.165, 1.54) is 44.5 Å². The maximum atomic E-state index is 13.7.